The number of carbonyl (C=O) groups is 1. The molecule has 0 spiro atoms. The van der Waals surface area contributed by atoms with Crippen LogP contribution >= 0.6 is 11.8 Å². The van der Waals surface area contributed by atoms with E-state index in [4.69, 9.17) is 0 Å². The molecule has 1 fully saturated rings. The van der Waals surface area contributed by atoms with Crippen molar-refractivity contribution in [2.75, 3.05) is 18.8 Å². The van der Waals surface area contributed by atoms with Crippen LogP contribution < -0.4 is 10.6 Å². The van der Waals surface area contributed by atoms with Crippen LogP contribution in [-0.2, 0) is 10.5 Å². The number of hydrogen-bond donors (Lipinski definition) is 2. The Morgan fingerprint density at radius 3 is 3.16 bits per heavy atom. The molecule has 0 saturated carbocycles. The number of amides is 1. The summed E-state index contributed by atoms with van der Waals surface area (Å²) in [7, 11) is 0. The molecule has 2 N–H and O–H groups in total. The smallest absolute Gasteiger partial charge is 0.230 e. The highest BCUT2D eigenvalue weighted by Crippen LogP contribution is 2.13. The Morgan fingerprint density at radius 2 is 2.42 bits per heavy atom. The van der Waals surface area contributed by atoms with Crippen molar-refractivity contribution in [1.82, 2.24) is 10.6 Å². The molecular formula is C15H22N2OS. The van der Waals surface area contributed by atoms with Crippen molar-refractivity contribution in [3.63, 3.8) is 0 Å². The first-order valence-corrected chi connectivity index (χ1v) is 8.03. The highest BCUT2D eigenvalue weighted by molar-refractivity contribution is 7.99. The standard InChI is InChI=1S/C15H22N2OS/c1-12-4-2-5-13(8-12)10-19-11-15(18)17-9-14-6-3-7-16-14/h2,4-5,8,14,16H,3,6-7,9-11H2,1H3,(H,17,18). The molecule has 1 heterocycles. The minimum atomic E-state index is 0.145. The molecule has 3 nitrogen and oxygen atoms in total. The number of aryl methyl sites for hydroxylation is 1. The molecule has 104 valence electrons. The average Bonchev–Trinajstić information content (AvgIpc) is 2.89. The van der Waals surface area contributed by atoms with Gasteiger partial charge in [0.2, 0.25) is 5.91 Å². The second-order valence-electron chi connectivity index (χ2n) is 5.08. The maximum absolute atomic E-state index is 11.7. The lowest BCUT2D eigenvalue weighted by Gasteiger charge is -2.11. The Labute approximate surface area is 119 Å². The normalized spacial score (nSPS) is 18.5. The van der Waals surface area contributed by atoms with E-state index in [2.05, 4.69) is 41.8 Å². The van der Waals surface area contributed by atoms with Crippen molar-refractivity contribution in [3.8, 4) is 0 Å². The van der Waals surface area contributed by atoms with E-state index < -0.39 is 0 Å². The minimum absolute atomic E-state index is 0.145. The molecule has 0 bridgehead atoms. The number of rotatable bonds is 6. The number of thioether (sulfide) groups is 1. The van der Waals surface area contributed by atoms with E-state index in [1.165, 1.54) is 24.0 Å². The van der Waals surface area contributed by atoms with Gasteiger partial charge in [0.1, 0.15) is 0 Å². The summed E-state index contributed by atoms with van der Waals surface area (Å²) in [5.41, 5.74) is 2.56. The third-order valence-corrected chi connectivity index (χ3v) is 4.30. The maximum atomic E-state index is 11.7. The third-order valence-electron chi connectivity index (χ3n) is 3.29. The van der Waals surface area contributed by atoms with E-state index in [9.17, 15) is 4.79 Å². The summed E-state index contributed by atoms with van der Waals surface area (Å²) >= 11 is 1.67. The van der Waals surface area contributed by atoms with Crippen LogP contribution in [0.1, 0.15) is 24.0 Å². The van der Waals surface area contributed by atoms with Crippen LogP contribution in [0, 0.1) is 6.92 Å². The molecule has 19 heavy (non-hydrogen) atoms. The van der Waals surface area contributed by atoms with E-state index in [1.807, 2.05) is 0 Å². The van der Waals surface area contributed by atoms with Gasteiger partial charge in [0.25, 0.3) is 0 Å². The second-order valence-corrected chi connectivity index (χ2v) is 6.06. The average molecular weight is 278 g/mol. The van der Waals surface area contributed by atoms with E-state index in [1.54, 1.807) is 11.8 Å². The molecular weight excluding hydrogens is 256 g/mol. The molecule has 0 aromatic heterocycles. The van der Waals surface area contributed by atoms with Gasteiger partial charge in [-0.1, -0.05) is 29.8 Å². The number of hydrogen-bond acceptors (Lipinski definition) is 3. The zero-order valence-corrected chi connectivity index (χ0v) is 12.3. The molecule has 1 aliphatic heterocycles. The predicted molar refractivity (Wildman–Crippen MR) is 81.4 cm³/mol. The van der Waals surface area contributed by atoms with Gasteiger partial charge >= 0.3 is 0 Å². The summed E-state index contributed by atoms with van der Waals surface area (Å²) < 4.78 is 0. The summed E-state index contributed by atoms with van der Waals surface area (Å²) in [5.74, 6) is 1.59. The lowest BCUT2D eigenvalue weighted by molar-refractivity contribution is -0.118. The van der Waals surface area contributed by atoms with Crippen molar-refractivity contribution in [2.45, 2.75) is 31.6 Å². The molecule has 0 radical (unpaired) electrons. The second kappa shape index (κ2) is 7.56. The fourth-order valence-corrected chi connectivity index (χ4v) is 3.09. The SMILES string of the molecule is Cc1cccc(CSCC(=O)NCC2CCCN2)c1. The Balaban J connectivity index is 1.60. The van der Waals surface area contributed by atoms with Gasteiger partial charge in [0.05, 0.1) is 5.75 Å². The lowest BCUT2D eigenvalue weighted by Crippen LogP contribution is -2.37. The highest BCUT2D eigenvalue weighted by Gasteiger charge is 2.14. The summed E-state index contributed by atoms with van der Waals surface area (Å²) in [6.45, 7) is 3.95. The molecule has 4 heteroatoms. The van der Waals surface area contributed by atoms with Crippen LogP contribution in [0.3, 0.4) is 0 Å². The minimum Gasteiger partial charge on any atom is -0.354 e. The maximum Gasteiger partial charge on any atom is 0.230 e. The van der Waals surface area contributed by atoms with Gasteiger partial charge in [-0.05, 0) is 31.9 Å². The van der Waals surface area contributed by atoms with E-state index in [0.717, 1.165) is 18.8 Å². The summed E-state index contributed by atoms with van der Waals surface area (Å²) in [6, 6.07) is 8.92. The molecule has 2 rings (SSSR count). The van der Waals surface area contributed by atoms with Crippen molar-refractivity contribution >= 4 is 17.7 Å². The Hall–Kier alpha value is -1.00. The molecule has 1 aromatic rings. The molecule has 1 saturated heterocycles. The number of carbonyl (C=O) groups excluding carboxylic acids is 1. The third kappa shape index (κ3) is 5.25. The first kappa shape index (κ1) is 14.4. The van der Waals surface area contributed by atoms with Crippen molar-refractivity contribution in [3.05, 3.63) is 35.4 Å². The van der Waals surface area contributed by atoms with Gasteiger partial charge in [0.15, 0.2) is 0 Å². The number of nitrogens with one attached hydrogen (secondary N) is 2. The Morgan fingerprint density at radius 1 is 1.53 bits per heavy atom. The predicted octanol–water partition coefficient (Wildman–Crippen LogP) is 2.10. The molecule has 0 aliphatic carbocycles. The molecule has 1 amide bonds. The first-order valence-electron chi connectivity index (χ1n) is 6.87. The molecule has 1 atom stereocenters. The van der Waals surface area contributed by atoms with Crippen LogP contribution in [0.2, 0.25) is 0 Å². The fourth-order valence-electron chi connectivity index (χ4n) is 2.28. The quantitative estimate of drug-likeness (QED) is 0.837. The monoisotopic (exact) mass is 278 g/mol. The first-order chi connectivity index (χ1) is 9.24. The van der Waals surface area contributed by atoms with Crippen molar-refractivity contribution in [2.24, 2.45) is 0 Å². The van der Waals surface area contributed by atoms with E-state index in [-0.39, 0.29) is 5.91 Å². The highest BCUT2D eigenvalue weighted by atomic mass is 32.2. The van der Waals surface area contributed by atoms with E-state index >= 15 is 0 Å². The topological polar surface area (TPSA) is 41.1 Å². The van der Waals surface area contributed by atoms with Crippen LogP contribution in [-0.4, -0.2) is 30.8 Å². The largest absolute Gasteiger partial charge is 0.354 e. The van der Waals surface area contributed by atoms with Crippen molar-refractivity contribution in [1.29, 1.82) is 0 Å². The van der Waals surface area contributed by atoms with Gasteiger partial charge in [-0.25, -0.2) is 0 Å². The van der Waals surface area contributed by atoms with Gasteiger partial charge in [-0.3, -0.25) is 4.79 Å². The lowest BCUT2D eigenvalue weighted by atomic mass is 10.2. The molecule has 1 unspecified atom stereocenters. The summed E-state index contributed by atoms with van der Waals surface area (Å²) in [4.78, 5) is 11.7. The van der Waals surface area contributed by atoms with Gasteiger partial charge < -0.3 is 10.6 Å². The summed E-state index contributed by atoms with van der Waals surface area (Å²) in [5, 5.41) is 6.38. The van der Waals surface area contributed by atoms with Crippen molar-refractivity contribution < 1.29 is 4.79 Å². The van der Waals surface area contributed by atoms with Crippen LogP contribution in [0.4, 0.5) is 0 Å². The zero-order valence-electron chi connectivity index (χ0n) is 11.4. The van der Waals surface area contributed by atoms with Crippen LogP contribution in [0.25, 0.3) is 0 Å². The zero-order chi connectivity index (χ0) is 13.5. The van der Waals surface area contributed by atoms with E-state index in [0.29, 0.717) is 11.8 Å². The van der Waals surface area contributed by atoms with Crippen LogP contribution in [0.5, 0.6) is 0 Å². The number of benzene rings is 1. The van der Waals surface area contributed by atoms with Gasteiger partial charge in [-0.2, -0.15) is 0 Å². The fraction of sp³-hybridized carbons (Fsp3) is 0.533. The Bertz CT molecular complexity index is 416. The molecule has 1 aromatic carbocycles. The Kier molecular flexibility index (Phi) is 5.73. The van der Waals surface area contributed by atoms with Gasteiger partial charge in [-0.15, -0.1) is 11.8 Å². The van der Waals surface area contributed by atoms with Gasteiger partial charge in [0, 0.05) is 18.3 Å². The molecule has 1 aliphatic rings. The summed E-state index contributed by atoms with van der Waals surface area (Å²) in [6.07, 6.45) is 2.40. The van der Waals surface area contributed by atoms with Crippen LogP contribution in [0.15, 0.2) is 24.3 Å².